The zero-order chi connectivity index (χ0) is 12.1. The predicted octanol–water partition coefficient (Wildman–Crippen LogP) is -0.571. The van der Waals surface area contributed by atoms with Crippen LogP contribution in [0.15, 0.2) is 0 Å². The van der Waals surface area contributed by atoms with E-state index in [9.17, 15) is 9.59 Å². The van der Waals surface area contributed by atoms with Crippen LogP contribution in [-0.4, -0.2) is 43.6 Å². The van der Waals surface area contributed by atoms with Crippen LogP contribution < -0.4 is 5.32 Å². The molecule has 0 aliphatic rings. The maximum absolute atomic E-state index is 11.4. The normalized spacial score (nSPS) is 12.4. The van der Waals surface area contributed by atoms with Gasteiger partial charge in [0.05, 0.1) is 0 Å². The van der Waals surface area contributed by atoms with Crippen molar-refractivity contribution in [3.8, 4) is 0 Å². The van der Waals surface area contributed by atoms with Crippen LogP contribution in [0.5, 0.6) is 0 Å². The Bertz CT molecular complexity index is 362. The molecule has 3 N–H and O–H groups in total. The first-order chi connectivity index (χ1) is 7.50. The molecule has 1 rings (SSSR count). The van der Waals surface area contributed by atoms with Gasteiger partial charge in [-0.15, -0.1) is 10.2 Å². The second kappa shape index (κ2) is 5.19. The molecular formula is C8H13N5O3. The van der Waals surface area contributed by atoms with Gasteiger partial charge in [-0.3, -0.25) is 4.79 Å². The van der Waals surface area contributed by atoms with Crippen LogP contribution >= 0.6 is 0 Å². The van der Waals surface area contributed by atoms with Crippen molar-refractivity contribution in [1.82, 2.24) is 25.9 Å². The van der Waals surface area contributed by atoms with Crippen molar-refractivity contribution in [3.05, 3.63) is 5.82 Å². The Morgan fingerprint density at radius 1 is 1.50 bits per heavy atom. The third-order valence-electron chi connectivity index (χ3n) is 1.86. The average Bonchev–Trinajstić information content (AvgIpc) is 2.68. The summed E-state index contributed by atoms with van der Waals surface area (Å²) in [4.78, 5) is 22.3. The molecule has 0 spiro atoms. The number of aromatic nitrogens is 4. The van der Waals surface area contributed by atoms with E-state index in [-0.39, 0.29) is 11.7 Å². The molecule has 0 saturated carbocycles. The van der Waals surface area contributed by atoms with Gasteiger partial charge >= 0.3 is 5.97 Å². The van der Waals surface area contributed by atoms with E-state index < -0.39 is 17.9 Å². The fourth-order valence-electron chi connectivity index (χ4n) is 1.17. The van der Waals surface area contributed by atoms with E-state index in [1.807, 2.05) is 13.8 Å². The highest BCUT2D eigenvalue weighted by atomic mass is 16.4. The molecule has 16 heavy (non-hydrogen) atoms. The number of nitrogens with zero attached hydrogens (tertiary/aromatic N) is 3. The molecule has 1 aromatic rings. The first-order valence-corrected chi connectivity index (χ1v) is 4.77. The molecule has 88 valence electrons. The standard InChI is InChI=1S/C8H13N5O3/c1-4(2)3-5(8(15)16)9-7(14)6-10-12-13-11-6/h4-5H,3H2,1-2H3,(H,9,14)(H,15,16)(H,10,11,12,13)/t5-/m1/s1. The van der Waals surface area contributed by atoms with E-state index in [2.05, 4.69) is 25.9 Å². The van der Waals surface area contributed by atoms with Crippen LogP contribution in [0, 0.1) is 5.92 Å². The summed E-state index contributed by atoms with van der Waals surface area (Å²) in [6.45, 7) is 3.74. The number of rotatable bonds is 5. The van der Waals surface area contributed by atoms with Crippen molar-refractivity contribution in [2.45, 2.75) is 26.3 Å². The minimum absolute atomic E-state index is 0.159. The lowest BCUT2D eigenvalue weighted by Gasteiger charge is -2.14. The SMILES string of the molecule is CC(C)C[C@@H](NC(=O)c1nn[nH]n1)C(=O)O. The number of aromatic amines is 1. The molecule has 0 unspecified atom stereocenters. The Hall–Kier alpha value is -1.99. The van der Waals surface area contributed by atoms with Gasteiger partial charge in [-0.1, -0.05) is 13.8 Å². The number of carboxylic acids is 1. The number of H-pyrrole nitrogens is 1. The molecule has 8 heteroatoms. The fourth-order valence-corrected chi connectivity index (χ4v) is 1.17. The number of tetrazole rings is 1. The van der Waals surface area contributed by atoms with Crippen molar-refractivity contribution < 1.29 is 14.7 Å². The molecule has 0 fully saturated rings. The number of amides is 1. The number of aliphatic carboxylic acids is 1. The first kappa shape index (κ1) is 12.1. The van der Waals surface area contributed by atoms with Crippen LogP contribution in [0.1, 0.15) is 30.9 Å². The van der Waals surface area contributed by atoms with Gasteiger partial charge < -0.3 is 10.4 Å². The number of hydrogen-bond acceptors (Lipinski definition) is 5. The van der Waals surface area contributed by atoms with Crippen LogP contribution in [-0.2, 0) is 4.79 Å². The fraction of sp³-hybridized carbons (Fsp3) is 0.625. The highest BCUT2D eigenvalue weighted by Gasteiger charge is 2.23. The molecule has 0 aliphatic heterocycles. The summed E-state index contributed by atoms with van der Waals surface area (Å²) in [6.07, 6.45) is 0.346. The van der Waals surface area contributed by atoms with E-state index in [1.54, 1.807) is 0 Å². The molecule has 1 heterocycles. The van der Waals surface area contributed by atoms with Gasteiger partial charge in [0.15, 0.2) is 0 Å². The zero-order valence-electron chi connectivity index (χ0n) is 8.97. The highest BCUT2D eigenvalue weighted by molar-refractivity contribution is 5.93. The molecule has 1 amide bonds. The van der Waals surface area contributed by atoms with Crippen molar-refractivity contribution in [2.75, 3.05) is 0 Å². The molecular weight excluding hydrogens is 214 g/mol. The molecule has 1 aromatic heterocycles. The van der Waals surface area contributed by atoms with E-state index in [0.29, 0.717) is 6.42 Å². The van der Waals surface area contributed by atoms with Gasteiger partial charge in [0, 0.05) is 0 Å². The minimum Gasteiger partial charge on any atom is -0.480 e. The van der Waals surface area contributed by atoms with Crippen molar-refractivity contribution in [1.29, 1.82) is 0 Å². The van der Waals surface area contributed by atoms with Gasteiger partial charge in [-0.05, 0) is 17.6 Å². The largest absolute Gasteiger partial charge is 0.480 e. The number of carbonyl (C=O) groups is 2. The highest BCUT2D eigenvalue weighted by Crippen LogP contribution is 2.05. The number of hydrogen-bond donors (Lipinski definition) is 3. The van der Waals surface area contributed by atoms with Crippen molar-refractivity contribution in [3.63, 3.8) is 0 Å². The smallest absolute Gasteiger partial charge is 0.326 e. The number of carboxylic acid groups (broad SMARTS) is 1. The summed E-state index contributed by atoms with van der Waals surface area (Å²) >= 11 is 0. The molecule has 0 saturated heterocycles. The third kappa shape index (κ3) is 3.30. The lowest BCUT2D eigenvalue weighted by Crippen LogP contribution is -2.42. The Morgan fingerprint density at radius 2 is 2.19 bits per heavy atom. The maximum Gasteiger partial charge on any atom is 0.326 e. The van der Waals surface area contributed by atoms with Crippen LogP contribution in [0.25, 0.3) is 0 Å². The summed E-state index contributed by atoms with van der Waals surface area (Å²) < 4.78 is 0. The topological polar surface area (TPSA) is 121 Å². The minimum atomic E-state index is -1.08. The Morgan fingerprint density at radius 3 is 2.62 bits per heavy atom. The molecule has 0 aromatic carbocycles. The first-order valence-electron chi connectivity index (χ1n) is 4.77. The van der Waals surface area contributed by atoms with Crippen molar-refractivity contribution in [2.24, 2.45) is 5.92 Å². The zero-order valence-corrected chi connectivity index (χ0v) is 8.97. The second-order valence-corrected chi connectivity index (χ2v) is 3.73. The van der Waals surface area contributed by atoms with E-state index in [0.717, 1.165) is 0 Å². The van der Waals surface area contributed by atoms with Gasteiger partial charge in [0.2, 0.25) is 0 Å². The summed E-state index contributed by atoms with van der Waals surface area (Å²) in [5, 5.41) is 23.5. The quantitative estimate of drug-likeness (QED) is 0.619. The van der Waals surface area contributed by atoms with Crippen LogP contribution in [0.2, 0.25) is 0 Å². The summed E-state index contributed by atoms with van der Waals surface area (Å²) in [5.41, 5.74) is 0. The van der Waals surface area contributed by atoms with Gasteiger partial charge in [-0.2, -0.15) is 5.21 Å². The van der Waals surface area contributed by atoms with Gasteiger partial charge in [0.25, 0.3) is 11.7 Å². The second-order valence-electron chi connectivity index (χ2n) is 3.73. The number of carbonyl (C=O) groups excluding carboxylic acids is 1. The Balaban J connectivity index is 2.62. The summed E-state index contributed by atoms with van der Waals surface area (Å²) in [6, 6.07) is -0.939. The Kier molecular flexibility index (Phi) is 3.92. The van der Waals surface area contributed by atoms with E-state index in [1.165, 1.54) is 0 Å². The predicted molar refractivity (Wildman–Crippen MR) is 52.5 cm³/mol. The maximum atomic E-state index is 11.4. The van der Waals surface area contributed by atoms with E-state index >= 15 is 0 Å². The van der Waals surface area contributed by atoms with Gasteiger partial charge in [0.1, 0.15) is 6.04 Å². The average molecular weight is 227 g/mol. The summed E-state index contributed by atoms with van der Waals surface area (Å²) in [5.74, 6) is -1.74. The van der Waals surface area contributed by atoms with Gasteiger partial charge in [-0.25, -0.2) is 4.79 Å². The lowest BCUT2D eigenvalue weighted by molar-refractivity contribution is -0.139. The molecule has 8 nitrogen and oxygen atoms in total. The number of nitrogens with one attached hydrogen (secondary N) is 2. The van der Waals surface area contributed by atoms with E-state index in [4.69, 9.17) is 5.11 Å². The van der Waals surface area contributed by atoms with Crippen molar-refractivity contribution >= 4 is 11.9 Å². The molecule has 0 radical (unpaired) electrons. The molecule has 0 bridgehead atoms. The Labute approximate surface area is 91.4 Å². The monoisotopic (exact) mass is 227 g/mol. The third-order valence-corrected chi connectivity index (χ3v) is 1.86. The molecule has 0 aliphatic carbocycles. The summed E-state index contributed by atoms with van der Waals surface area (Å²) in [7, 11) is 0. The van der Waals surface area contributed by atoms with Crippen LogP contribution in [0.4, 0.5) is 0 Å². The van der Waals surface area contributed by atoms with Crippen LogP contribution in [0.3, 0.4) is 0 Å². The molecule has 1 atom stereocenters. The lowest BCUT2D eigenvalue weighted by atomic mass is 10.0.